The first-order valence-corrected chi connectivity index (χ1v) is 11.1. The van der Waals surface area contributed by atoms with Gasteiger partial charge in [-0.15, -0.1) is 0 Å². The lowest BCUT2D eigenvalue weighted by Crippen LogP contribution is -2.25. The van der Waals surface area contributed by atoms with Crippen LogP contribution in [-0.4, -0.2) is 25.1 Å². The van der Waals surface area contributed by atoms with Crippen molar-refractivity contribution in [1.29, 1.82) is 0 Å². The van der Waals surface area contributed by atoms with Gasteiger partial charge >= 0.3 is 0 Å². The van der Waals surface area contributed by atoms with Crippen LogP contribution in [0.25, 0.3) is 0 Å². The number of carbonyl (C=O) groups is 2. The molecule has 2 amide bonds. The number of amides is 2. The fourth-order valence-corrected chi connectivity index (χ4v) is 3.35. The van der Waals surface area contributed by atoms with Gasteiger partial charge in [-0.05, 0) is 47.9 Å². The van der Waals surface area contributed by atoms with Crippen molar-refractivity contribution in [1.82, 2.24) is 5.43 Å². The fourth-order valence-electron chi connectivity index (χ4n) is 3.16. The van der Waals surface area contributed by atoms with Crippen LogP contribution in [0, 0.1) is 0 Å². The Bertz CT molecular complexity index is 1180. The Morgan fingerprint density at radius 2 is 1.71 bits per heavy atom. The summed E-state index contributed by atoms with van der Waals surface area (Å²) in [6.45, 7) is 2.29. The summed E-state index contributed by atoms with van der Waals surface area (Å²) in [5.74, 6) is 0.133. The highest BCUT2D eigenvalue weighted by Gasteiger charge is 2.11. The zero-order chi connectivity index (χ0) is 24.3. The number of hydrogen-bond donors (Lipinski definition) is 2. The normalized spacial score (nSPS) is 10.7. The van der Waals surface area contributed by atoms with Crippen LogP contribution >= 0.6 is 11.6 Å². The minimum atomic E-state index is -0.519. The Morgan fingerprint density at radius 3 is 2.44 bits per heavy atom. The predicted molar refractivity (Wildman–Crippen MR) is 134 cm³/mol. The van der Waals surface area contributed by atoms with Crippen molar-refractivity contribution in [3.05, 3.63) is 88.4 Å². The molecular formula is C26H26ClN3O4. The Kier molecular flexibility index (Phi) is 9.05. The van der Waals surface area contributed by atoms with Crippen molar-refractivity contribution in [2.45, 2.75) is 26.4 Å². The topological polar surface area (TPSA) is 89.0 Å². The lowest BCUT2D eigenvalue weighted by Gasteiger charge is -2.12. The predicted octanol–water partition coefficient (Wildman–Crippen LogP) is 4.97. The third-order valence-corrected chi connectivity index (χ3v) is 5.29. The molecule has 0 bridgehead atoms. The molecule has 0 radical (unpaired) electrons. The molecule has 3 aromatic carbocycles. The summed E-state index contributed by atoms with van der Waals surface area (Å²) in [5.41, 5.74) is 5.62. The highest BCUT2D eigenvalue weighted by molar-refractivity contribution is 6.31. The Balaban J connectivity index is 1.53. The molecule has 3 rings (SSSR count). The van der Waals surface area contributed by atoms with Gasteiger partial charge in [-0.3, -0.25) is 9.59 Å². The van der Waals surface area contributed by atoms with E-state index in [1.165, 1.54) is 13.3 Å². The average Bonchev–Trinajstić information content (AvgIpc) is 2.84. The zero-order valence-corrected chi connectivity index (χ0v) is 19.8. The molecule has 2 N–H and O–H groups in total. The van der Waals surface area contributed by atoms with Crippen molar-refractivity contribution in [3.8, 4) is 11.5 Å². The van der Waals surface area contributed by atoms with E-state index in [0.29, 0.717) is 34.4 Å². The molecule has 7 nitrogen and oxygen atoms in total. The number of aryl methyl sites for hydroxylation is 1. The van der Waals surface area contributed by atoms with Gasteiger partial charge in [0.1, 0.15) is 13.0 Å². The first-order chi connectivity index (χ1) is 16.5. The van der Waals surface area contributed by atoms with Gasteiger partial charge in [0.15, 0.2) is 11.5 Å². The number of nitrogens with one attached hydrogen (secondary N) is 2. The number of anilines is 1. The van der Waals surface area contributed by atoms with Crippen molar-refractivity contribution < 1.29 is 19.1 Å². The van der Waals surface area contributed by atoms with Crippen molar-refractivity contribution in [2.75, 3.05) is 12.4 Å². The van der Waals surface area contributed by atoms with Crippen LogP contribution in [0.1, 0.15) is 30.0 Å². The van der Waals surface area contributed by atoms with Crippen LogP contribution in [0.3, 0.4) is 0 Å². The number of carbonyl (C=O) groups excluding carboxylic acids is 2. The van der Waals surface area contributed by atoms with E-state index >= 15 is 0 Å². The van der Waals surface area contributed by atoms with Crippen LogP contribution in [0.2, 0.25) is 5.02 Å². The van der Waals surface area contributed by atoms with E-state index in [9.17, 15) is 9.59 Å². The first-order valence-electron chi connectivity index (χ1n) is 10.7. The van der Waals surface area contributed by atoms with E-state index in [-0.39, 0.29) is 6.42 Å². The number of halogens is 1. The molecule has 8 heteroatoms. The number of hydrogen-bond acceptors (Lipinski definition) is 5. The second kappa shape index (κ2) is 12.4. The zero-order valence-electron chi connectivity index (χ0n) is 19.0. The number of para-hydroxylation sites is 1. The molecule has 0 aromatic heterocycles. The molecule has 0 aliphatic carbocycles. The van der Waals surface area contributed by atoms with Crippen LogP contribution in [0.5, 0.6) is 11.5 Å². The second-order valence-corrected chi connectivity index (χ2v) is 7.73. The molecule has 34 heavy (non-hydrogen) atoms. The lowest BCUT2D eigenvalue weighted by molar-refractivity contribution is -0.126. The van der Waals surface area contributed by atoms with Crippen LogP contribution in [0.4, 0.5) is 5.69 Å². The molecule has 0 aliphatic heterocycles. The molecule has 0 unspecified atom stereocenters. The third-order valence-electron chi connectivity index (χ3n) is 4.93. The van der Waals surface area contributed by atoms with Gasteiger partial charge in [0.2, 0.25) is 11.8 Å². The number of nitrogens with zero attached hydrogens (tertiary/aromatic N) is 1. The number of methoxy groups -OCH3 is 1. The first kappa shape index (κ1) is 24.8. The van der Waals surface area contributed by atoms with E-state index in [0.717, 1.165) is 17.5 Å². The molecule has 0 saturated carbocycles. The maximum Gasteiger partial charge on any atom is 0.249 e. The maximum atomic E-state index is 12.2. The van der Waals surface area contributed by atoms with Gasteiger partial charge in [-0.2, -0.15) is 5.10 Å². The summed E-state index contributed by atoms with van der Waals surface area (Å²) in [4.78, 5) is 24.2. The quantitative estimate of drug-likeness (QED) is 0.244. The molecule has 0 atom stereocenters. The number of rotatable bonds is 10. The summed E-state index contributed by atoms with van der Waals surface area (Å²) in [5, 5.41) is 7.31. The largest absolute Gasteiger partial charge is 0.493 e. The highest BCUT2D eigenvalue weighted by Crippen LogP contribution is 2.29. The number of ether oxygens (including phenoxy) is 2. The maximum absolute atomic E-state index is 12.2. The van der Waals surface area contributed by atoms with Crippen molar-refractivity contribution in [3.63, 3.8) is 0 Å². The molecule has 0 heterocycles. The van der Waals surface area contributed by atoms with E-state index in [4.69, 9.17) is 21.1 Å². The Labute approximate surface area is 203 Å². The van der Waals surface area contributed by atoms with E-state index in [1.807, 2.05) is 49.4 Å². The molecule has 176 valence electrons. The summed E-state index contributed by atoms with van der Waals surface area (Å²) in [6.07, 6.45) is 1.90. The highest BCUT2D eigenvalue weighted by atomic mass is 35.5. The van der Waals surface area contributed by atoms with Gasteiger partial charge in [-0.1, -0.05) is 54.9 Å². The lowest BCUT2D eigenvalue weighted by atomic mass is 10.1. The van der Waals surface area contributed by atoms with Gasteiger partial charge in [-0.25, -0.2) is 5.43 Å². The third kappa shape index (κ3) is 7.08. The fraction of sp³-hybridized carbons (Fsp3) is 0.192. The summed E-state index contributed by atoms with van der Waals surface area (Å²) in [6, 6.07) is 20.2. The van der Waals surface area contributed by atoms with Gasteiger partial charge < -0.3 is 14.8 Å². The minimum absolute atomic E-state index is 0.296. The Morgan fingerprint density at radius 1 is 0.971 bits per heavy atom. The Hall–Kier alpha value is -3.84. The van der Waals surface area contributed by atoms with Crippen LogP contribution in [-0.2, 0) is 22.6 Å². The standard InChI is InChI=1S/C26H26ClN3O4/c1-3-19-8-5-7-11-22(19)29-25(31)15-26(32)30-28-16-18-12-13-23(24(14-18)33-2)34-17-20-9-4-6-10-21(20)27/h4-14,16H,3,15,17H2,1-2H3,(H,29,31)(H,30,32). The molecule has 0 fully saturated rings. The molecule has 0 spiro atoms. The van der Waals surface area contributed by atoms with Gasteiger partial charge in [0, 0.05) is 16.3 Å². The van der Waals surface area contributed by atoms with Crippen molar-refractivity contribution in [2.24, 2.45) is 5.10 Å². The molecule has 3 aromatic rings. The second-order valence-electron chi connectivity index (χ2n) is 7.32. The van der Waals surface area contributed by atoms with E-state index in [1.54, 1.807) is 24.3 Å². The minimum Gasteiger partial charge on any atom is -0.493 e. The summed E-state index contributed by atoms with van der Waals surface area (Å²) < 4.78 is 11.2. The molecule has 0 aliphatic rings. The molecular weight excluding hydrogens is 454 g/mol. The number of hydrazone groups is 1. The van der Waals surface area contributed by atoms with E-state index in [2.05, 4.69) is 15.8 Å². The average molecular weight is 480 g/mol. The van der Waals surface area contributed by atoms with Crippen LogP contribution in [0.15, 0.2) is 71.8 Å². The van der Waals surface area contributed by atoms with E-state index < -0.39 is 11.8 Å². The van der Waals surface area contributed by atoms with Gasteiger partial charge in [0.05, 0.1) is 13.3 Å². The monoisotopic (exact) mass is 479 g/mol. The molecule has 0 saturated heterocycles. The van der Waals surface area contributed by atoms with Crippen LogP contribution < -0.4 is 20.2 Å². The summed E-state index contributed by atoms with van der Waals surface area (Å²) >= 11 is 6.17. The number of benzene rings is 3. The summed E-state index contributed by atoms with van der Waals surface area (Å²) in [7, 11) is 1.54. The van der Waals surface area contributed by atoms with Gasteiger partial charge in [0.25, 0.3) is 0 Å². The SMILES string of the molecule is CCc1ccccc1NC(=O)CC(=O)NN=Cc1ccc(OCc2ccccc2Cl)c(OC)c1. The smallest absolute Gasteiger partial charge is 0.249 e. The van der Waals surface area contributed by atoms with Crippen molar-refractivity contribution >= 4 is 35.3 Å².